The van der Waals surface area contributed by atoms with Crippen molar-refractivity contribution in [3.8, 4) is 0 Å². The zero-order valence-electron chi connectivity index (χ0n) is 13.8. The van der Waals surface area contributed by atoms with Crippen LogP contribution in [0.1, 0.15) is 33.3 Å². The fraction of sp³-hybridized carbons (Fsp3) is 0.647. The predicted molar refractivity (Wildman–Crippen MR) is 88.4 cm³/mol. The van der Waals surface area contributed by atoms with Crippen LogP contribution in [0.2, 0.25) is 13.1 Å². The molecule has 0 aliphatic carbocycles. The molecule has 0 aromatic heterocycles. The Morgan fingerprint density at radius 1 is 1.20 bits per heavy atom. The van der Waals surface area contributed by atoms with Gasteiger partial charge in [0.05, 0.1) is 12.1 Å². The molecule has 20 heavy (non-hydrogen) atoms. The Labute approximate surface area is 125 Å². The van der Waals surface area contributed by atoms with Crippen LogP contribution in [0.5, 0.6) is 0 Å². The Morgan fingerprint density at radius 3 is 2.30 bits per heavy atom. The van der Waals surface area contributed by atoms with Gasteiger partial charge < -0.3 is 4.43 Å². The van der Waals surface area contributed by atoms with Crippen LogP contribution < -0.4 is 0 Å². The molecule has 3 heteroatoms. The molecular weight excluding hydrogens is 262 g/mol. The van der Waals surface area contributed by atoms with Crippen molar-refractivity contribution >= 4 is 9.04 Å². The fourth-order valence-corrected chi connectivity index (χ4v) is 4.15. The average Bonchev–Trinajstić information content (AvgIpc) is 2.96. The fourth-order valence-electron chi connectivity index (χ4n) is 3.00. The average molecular weight is 292 g/mol. The monoisotopic (exact) mass is 291 g/mol. The van der Waals surface area contributed by atoms with Crippen molar-refractivity contribution in [2.45, 2.75) is 65.5 Å². The molecule has 1 aromatic carbocycles. The molecular formula is C17H29NOSi. The zero-order chi connectivity index (χ0) is 14.9. The molecule has 1 fully saturated rings. The Balaban J connectivity index is 2.04. The van der Waals surface area contributed by atoms with Crippen molar-refractivity contribution in [1.29, 1.82) is 0 Å². The van der Waals surface area contributed by atoms with Crippen LogP contribution in [-0.4, -0.2) is 32.1 Å². The highest BCUT2D eigenvalue weighted by Gasteiger charge is 2.52. The second-order valence-electron chi connectivity index (χ2n) is 7.36. The lowest BCUT2D eigenvalue weighted by Crippen LogP contribution is -2.39. The summed E-state index contributed by atoms with van der Waals surface area (Å²) in [6.45, 7) is 14.8. The normalized spacial score (nSPS) is 27.6. The first-order valence-electron chi connectivity index (χ1n) is 7.76. The summed E-state index contributed by atoms with van der Waals surface area (Å²) in [7, 11) is -1.01. The van der Waals surface area contributed by atoms with E-state index < -0.39 is 9.04 Å². The van der Waals surface area contributed by atoms with Crippen LogP contribution in [-0.2, 0) is 11.0 Å². The Bertz CT molecular complexity index is 426. The van der Waals surface area contributed by atoms with Gasteiger partial charge in [-0.05, 0) is 31.0 Å². The van der Waals surface area contributed by atoms with E-state index in [9.17, 15) is 0 Å². The van der Waals surface area contributed by atoms with Crippen LogP contribution in [0, 0.1) is 5.41 Å². The minimum Gasteiger partial charge on any atom is -0.415 e. The first kappa shape index (κ1) is 15.7. The van der Waals surface area contributed by atoms with Crippen molar-refractivity contribution in [2.75, 3.05) is 0 Å². The summed E-state index contributed by atoms with van der Waals surface area (Å²) in [5.74, 6) is 0. The summed E-state index contributed by atoms with van der Waals surface area (Å²) in [6, 6.07) is 12.0. The van der Waals surface area contributed by atoms with E-state index in [1.807, 2.05) is 0 Å². The smallest absolute Gasteiger partial charge is 0.171 e. The molecule has 1 heterocycles. The predicted octanol–water partition coefficient (Wildman–Crippen LogP) is 3.67. The first-order valence-corrected chi connectivity index (χ1v) is 10.5. The summed E-state index contributed by atoms with van der Waals surface area (Å²) in [5, 5.41) is 0. The first-order chi connectivity index (χ1) is 9.30. The third kappa shape index (κ3) is 3.71. The molecule has 1 aliphatic heterocycles. The van der Waals surface area contributed by atoms with Gasteiger partial charge in [0.15, 0.2) is 9.04 Å². The number of hydrogen-bond acceptors (Lipinski definition) is 2. The summed E-state index contributed by atoms with van der Waals surface area (Å²) >= 11 is 0. The second-order valence-corrected chi connectivity index (χ2v) is 9.73. The highest BCUT2D eigenvalue weighted by Crippen LogP contribution is 2.41. The highest BCUT2D eigenvalue weighted by atomic mass is 28.3. The van der Waals surface area contributed by atoms with Crippen molar-refractivity contribution in [3.63, 3.8) is 0 Å². The highest BCUT2D eigenvalue weighted by molar-refractivity contribution is 6.48. The van der Waals surface area contributed by atoms with E-state index in [1.54, 1.807) is 0 Å². The van der Waals surface area contributed by atoms with Gasteiger partial charge in [0, 0.05) is 12.6 Å². The quantitative estimate of drug-likeness (QED) is 0.606. The van der Waals surface area contributed by atoms with E-state index in [1.165, 1.54) is 5.56 Å². The Kier molecular flexibility index (Phi) is 4.72. The minimum atomic E-state index is -1.01. The number of hydrogen-bond donors (Lipinski definition) is 0. The van der Waals surface area contributed by atoms with Gasteiger partial charge in [-0.15, -0.1) is 0 Å². The van der Waals surface area contributed by atoms with E-state index in [4.69, 9.17) is 4.43 Å². The van der Waals surface area contributed by atoms with E-state index in [0.29, 0.717) is 18.2 Å². The number of rotatable bonds is 5. The maximum Gasteiger partial charge on any atom is 0.171 e. The maximum absolute atomic E-state index is 6.37. The third-order valence-electron chi connectivity index (χ3n) is 4.10. The molecule has 0 bridgehead atoms. The molecule has 0 saturated carbocycles. The lowest BCUT2D eigenvalue weighted by atomic mass is 9.86. The van der Waals surface area contributed by atoms with Crippen LogP contribution in [0.15, 0.2) is 30.3 Å². The Hall–Kier alpha value is -0.643. The standard InChI is InChI=1S/C17H29NOSi/c1-13-15(16(17(2,3)4)19-20(5)6)18(13)12-14-10-8-7-9-11-14/h7-11,13,15-16,20H,12H2,1-6H3/t13-,15-,16?,18?/m1/s1. The molecule has 2 nitrogen and oxygen atoms in total. The summed E-state index contributed by atoms with van der Waals surface area (Å²) in [4.78, 5) is 2.57. The van der Waals surface area contributed by atoms with Gasteiger partial charge in [0.25, 0.3) is 0 Å². The molecule has 2 unspecified atom stereocenters. The molecule has 112 valence electrons. The number of benzene rings is 1. The van der Waals surface area contributed by atoms with Crippen molar-refractivity contribution < 1.29 is 4.43 Å². The molecule has 0 N–H and O–H groups in total. The largest absolute Gasteiger partial charge is 0.415 e. The van der Waals surface area contributed by atoms with Gasteiger partial charge in [-0.2, -0.15) is 0 Å². The summed E-state index contributed by atoms with van der Waals surface area (Å²) < 4.78 is 6.37. The van der Waals surface area contributed by atoms with E-state index in [2.05, 4.69) is 76.0 Å². The molecule has 0 radical (unpaired) electrons. The second kappa shape index (κ2) is 6.00. The van der Waals surface area contributed by atoms with Gasteiger partial charge in [-0.1, -0.05) is 51.1 Å². The lowest BCUT2D eigenvalue weighted by molar-refractivity contribution is 0.0720. The van der Waals surface area contributed by atoms with Gasteiger partial charge in [-0.3, -0.25) is 4.90 Å². The summed E-state index contributed by atoms with van der Waals surface area (Å²) in [5.41, 5.74) is 1.61. The zero-order valence-corrected chi connectivity index (χ0v) is 14.9. The van der Waals surface area contributed by atoms with Crippen LogP contribution in [0.25, 0.3) is 0 Å². The SMILES string of the molecule is C[C@@H]1[C@H](C(O[SiH](C)C)C(C)(C)C)N1Cc1ccccc1. The van der Waals surface area contributed by atoms with Crippen LogP contribution >= 0.6 is 0 Å². The maximum atomic E-state index is 6.37. The van der Waals surface area contributed by atoms with Crippen molar-refractivity contribution in [1.82, 2.24) is 4.90 Å². The van der Waals surface area contributed by atoms with E-state index in [0.717, 1.165) is 6.54 Å². The molecule has 1 aromatic rings. The number of nitrogens with zero attached hydrogens (tertiary/aromatic N) is 1. The minimum absolute atomic E-state index is 0.210. The van der Waals surface area contributed by atoms with Crippen LogP contribution in [0.4, 0.5) is 0 Å². The van der Waals surface area contributed by atoms with Gasteiger partial charge in [0.1, 0.15) is 0 Å². The van der Waals surface area contributed by atoms with Crippen LogP contribution in [0.3, 0.4) is 0 Å². The van der Waals surface area contributed by atoms with E-state index >= 15 is 0 Å². The van der Waals surface area contributed by atoms with Gasteiger partial charge >= 0.3 is 0 Å². The third-order valence-corrected chi connectivity index (χ3v) is 4.94. The molecule has 0 spiro atoms. The van der Waals surface area contributed by atoms with Gasteiger partial charge in [-0.25, -0.2) is 0 Å². The van der Waals surface area contributed by atoms with Crippen molar-refractivity contribution in [2.24, 2.45) is 5.41 Å². The Morgan fingerprint density at radius 2 is 1.80 bits per heavy atom. The molecule has 1 saturated heterocycles. The molecule has 0 amide bonds. The topological polar surface area (TPSA) is 12.2 Å². The van der Waals surface area contributed by atoms with Gasteiger partial charge in [0.2, 0.25) is 0 Å². The summed E-state index contributed by atoms with van der Waals surface area (Å²) in [6.07, 6.45) is 0.355. The molecule has 4 atom stereocenters. The van der Waals surface area contributed by atoms with Crippen molar-refractivity contribution in [3.05, 3.63) is 35.9 Å². The lowest BCUT2D eigenvalue weighted by Gasteiger charge is -2.33. The van der Waals surface area contributed by atoms with E-state index in [-0.39, 0.29) is 5.41 Å². The molecule has 1 aliphatic rings. The molecule has 2 rings (SSSR count).